The fourth-order valence-electron chi connectivity index (χ4n) is 3.28. The summed E-state index contributed by atoms with van der Waals surface area (Å²) in [6.07, 6.45) is -3.15. The first-order valence-corrected chi connectivity index (χ1v) is 7.94. The standard InChI is InChI=1S/C14H20BrF3N2O/c1-8-13(15)11(20(2)19-8)7-12(21)9-5-3-4-6-10(9)14(16,17)18/h9-10,12,21H,3-7H2,1-2H3. The highest BCUT2D eigenvalue weighted by Gasteiger charge is 2.47. The van der Waals surface area contributed by atoms with Gasteiger partial charge in [-0.25, -0.2) is 0 Å². The van der Waals surface area contributed by atoms with Crippen LogP contribution in [0.1, 0.15) is 37.1 Å². The maximum atomic E-state index is 13.1. The van der Waals surface area contributed by atoms with Crippen LogP contribution >= 0.6 is 15.9 Å². The second-order valence-corrected chi connectivity index (χ2v) is 6.63. The predicted molar refractivity (Wildman–Crippen MR) is 76.9 cm³/mol. The van der Waals surface area contributed by atoms with Crippen LogP contribution in [0, 0.1) is 18.8 Å². The molecule has 0 radical (unpaired) electrons. The molecule has 120 valence electrons. The van der Waals surface area contributed by atoms with E-state index in [1.165, 1.54) is 0 Å². The molecule has 1 aliphatic rings. The van der Waals surface area contributed by atoms with E-state index in [2.05, 4.69) is 21.0 Å². The summed E-state index contributed by atoms with van der Waals surface area (Å²) in [5.41, 5.74) is 1.52. The highest BCUT2D eigenvalue weighted by molar-refractivity contribution is 9.10. The first-order chi connectivity index (χ1) is 9.71. The van der Waals surface area contributed by atoms with Crippen LogP contribution in [0.5, 0.6) is 0 Å². The molecule has 1 aromatic heterocycles. The van der Waals surface area contributed by atoms with Gasteiger partial charge >= 0.3 is 6.18 Å². The lowest BCUT2D eigenvalue weighted by Crippen LogP contribution is -2.40. The number of rotatable bonds is 3. The number of aliphatic hydroxyl groups excluding tert-OH is 1. The number of aryl methyl sites for hydroxylation is 2. The molecule has 0 bridgehead atoms. The second kappa shape index (κ2) is 6.28. The van der Waals surface area contributed by atoms with Crippen molar-refractivity contribution in [2.24, 2.45) is 18.9 Å². The maximum Gasteiger partial charge on any atom is 0.392 e. The summed E-state index contributed by atoms with van der Waals surface area (Å²) in [6.45, 7) is 1.82. The molecule has 21 heavy (non-hydrogen) atoms. The lowest BCUT2D eigenvalue weighted by molar-refractivity contribution is -0.206. The van der Waals surface area contributed by atoms with Gasteiger partial charge in [0.1, 0.15) is 0 Å². The topological polar surface area (TPSA) is 38.0 Å². The van der Waals surface area contributed by atoms with Gasteiger partial charge in [-0.2, -0.15) is 18.3 Å². The van der Waals surface area contributed by atoms with Crippen LogP contribution < -0.4 is 0 Å². The first kappa shape index (κ1) is 16.8. The summed E-state index contributed by atoms with van der Waals surface area (Å²) in [4.78, 5) is 0. The van der Waals surface area contributed by atoms with E-state index in [1.807, 2.05) is 6.92 Å². The quantitative estimate of drug-likeness (QED) is 0.881. The van der Waals surface area contributed by atoms with Crippen molar-refractivity contribution in [2.75, 3.05) is 0 Å². The first-order valence-electron chi connectivity index (χ1n) is 7.14. The number of halogens is 4. The molecule has 2 rings (SSSR count). The number of hydrogen-bond acceptors (Lipinski definition) is 2. The number of alkyl halides is 3. The van der Waals surface area contributed by atoms with Crippen LogP contribution in [0.25, 0.3) is 0 Å². The minimum atomic E-state index is -4.23. The van der Waals surface area contributed by atoms with E-state index in [0.717, 1.165) is 22.3 Å². The largest absolute Gasteiger partial charge is 0.392 e. The van der Waals surface area contributed by atoms with Crippen LogP contribution in [0.2, 0.25) is 0 Å². The molecule has 7 heteroatoms. The van der Waals surface area contributed by atoms with Gasteiger partial charge in [-0.1, -0.05) is 12.8 Å². The van der Waals surface area contributed by atoms with Crippen LogP contribution in [-0.4, -0.2) is 27.2 Å². The molecule has 1 heterocycles. The van der Waals surface area contributed by atoms with Crippen molar-refractivity contribution in [2.45, 2.75) is 51.3 Å². The van der Waals surface area contributed by atoms with Crippen molar-refractivity contribution < 1.29 is 18.3 Å². The summed E-state index contributed by atoms with van der Waals surface area (Å²) in [7, 11) is 1.74. The highest BCUT2D eigenvalue weighted by atomic mass is 79.9. The Morgan fingerprint density at radius 3 is 2.52 bits per heavy atom. The van der Waals surface area contributed by atoms with Gasteiger partial charge in [-0.3, -0.25) is 4.68 Å². The Bertz CT molecular complexity index is 501. The van der Waals surface area contributed by atoms with Crippen molar-refractivity contribution in [3.8, 4) is 0 Å². The normalized spacial score (nSPS) is 25.1. The summed E-state index contributed by atoms with van der Waals surface area (Å²) < 4.78 is 41.7. The zero-order valence-corrected chi connectivity index (χ0v) is 13.7. The lowest BCUT2D eigenvalue weighted by Gasteiger charge is -2.36. The van der Waals surface area contributed by atoms with E-state index in [1.54, 1.807) is 11.7 Å². The van der Waals surface area contributed by atoms with Crippen molar-refractivity contribution >= 4 is 15.9 Å². The van der Waals surface area contributed by atoms with Gasteiger partial charge in [0.15, 0.2) is 0 Å². The summed E-state index contributed by atoms with van der Waals surface area (Å²) in [5, 5.41) is 14.6. The van der Waals surface area contributed by atoms with Crippen molar-refractivity contribution in [3.63, 3.8) is 0 Å². The Hall–Kier alpha value is -0.560. The molecule has 1 aromatic rings. The van der Waals surface area contributed by atoms with Gasteiger partial charge < -0.3 is 5.11 Å². The van der Waals surface area contributed by atoms with E-state index in [0.29, 0.717) is 12.8 Å². The number of hydrogen-bond donors (Lipinski definition) is 1. The molecular formula is C14H20BrF3N2O. The zero-order chi connectivity index (χ0) is 15.8. The van der Waals surface area contributed by atoms with Gasteiger partial charge in [-0.15, -0.1) is 0 Å². The number of aromatic nitrogens is 2. The summed E-state index contributed by atoms with van der Waals surface area (Å²) in [6, 6.07) is 0. The smallest absolute Gasteiger partial charge is 0.392 e. The average Bonchev–Trinajstić information content (AvgIpc) is 2.64. The fourth-order valence-corrected chi connectivity index (χ4v) is 3.78. The van der Waals surface area contributed by atoms with E-state index in [4.69, 9.17) is 0 Å². The van der Waals surface area contributed by atoms with E-state index < -0.39 is 24.1 Å². The summed E-state index contributed by atoms with van der Waals surface area (Å²) >= 11 is 3.39. The second-order valence-electron chi connectivity index (χ2n) is 5.84. The summed E-state index contributed by atoms with van der Waals surface area (Å²) in [5.74, 6) is -2.12. The Labute approximate surface area is 130 Å². The molecular weight excluding hydrogens is 349 g/mol. The SMILES string of the molecule is Cc1nn(C)c(CC(O)C2CCCCC2C(F)(F)F)c1Br. The Balaban J connectivity index is 2.16. The zero-order valence-electron chi connectivity index (χ0n) is 12.1. The lowest BCUT2D eigenvalue weighted by atomic mass is 9.75. The Morgan fingerprint density at radius 1 is 1.38 bits per heavy atom. The van der Waals surface area contributed by atoms with Crippen LogP contribution in [0.3, 0.4) is 0 Å². The van der Waals surface area contributed by atoms with Crippen LogP contribution in [-0.2, 0) is 13.5 Å². The minimum Gasteiger partial charge on any atom is -0.392 e. The monoisotopic (exact) mass is 368 g/mol. The molecule has 0 saturated heterocycles. The Morgan fingerprint density at radius 2 is 2.00 bits per heavy atom. The third-order valence-electron chi connectivity index (χ3n) is 4.40. The fraction of sp³-hybridized carbons (Fsp3) is 0.786. The molecule has 3 atom stereocenters. The molecule has 1 saturated carbocycles. The molecule has 3 nitrogen and oxygen atoms in total. The van der Waals surface area contributed by atoms with E-state index in [-0.39, 0.29) is 12.8 Å². The molecule has 0 spiro atoms. The van der Waals surface area contributed by atoms with Crippen LogP contribution in [0.4, 0.5) is 13.2 Å². The molecule has 0 aliphatic heterocycles. The van der Waals surface area contributed by atoms with E-state index >= 15 is 0 Å². The molecule has 0 amide bonds. The van der Waals surface area contributed by atoms with Gasteiger partial charge in [0.05, 0.1) is 27.9 Å². The molecule has 1 aliphatic carbocycles. The number of nitrogens with zero attached hydrogens (tertiary/aromatic N) is 2. The predicted octanol–water partition coefficient (Wildman–Crippen LogP) is 3.76. The molecule has 1 fully saturated rings. The number of aliphatic hydroxyl groups is 1. The minimum absolute atomic E-state index is 0.122. The van der Waals surface area contributed by atoms with Gasteiger partial charge in [0.25, 0.3) is 0 Å². The third-order valence-corrected chi connectivity index (χ3v) is 5.43. The van der Waals surface area contributed by atoms with Crippen molar-refractivity contribution in [1.82, 2.24) is 9.78 Å². The van der Waals surface area contributed by atoms with Crippen molar-refractivity contribution in [3.05, 3.63) is 15.9 Å². The molecule has 1 N–H and O–H groups in total. The average molecular weight is 369 g/mol. The molecule has 0 aromatic carbocycles. The van der Waals surface area contributed by atoms with Gasteiger partial charge in [-0.05, 0) is 41.6 Å². The van der Waals surface area contributed by atoms with Crippen molar-refractivity contribution in [1.29, 1.82) is 0 Å². The van der Waals surface area contributed by atoms with Crippen LogP contribution in [0.15, 0.2) is 4.47 Å². The molecule has 3 unspecified atom stereocenters. The van der Waals surface area contributed by atoms with Gasteiger partial charge in [0.2, 0.25) is 0 Å². The highest BCUT2D eigenvalue weighted by Crippen LogP contribution is 2.43. The maximum absolute atomic E-state index is 13.1. The Kier molecular flexibility index (Phi) is 5.03. The third kappa shape index (κ3) is 3.62. The van der Waals surface area contributed by atoms with Gasteiger partial charge in [0, 0.05) is 13.5 Å². The van der Waals surface area contributed by atoms with E-state index in [9.17, 15) is 18.3 Å².